The van der Waals surface area contributed by atoms with Crippen molar-refractivity contribution in [2.75, 3.05) is 38.1 Å². The molecule has 21 heavy (non-hydrogen) atoms. The van der Waals surface area contributed by atoms with Gasteiger partial charge in [-0.25, -0.2) is 4.98 Å². The van der Waals surface area contributed by atoms with Crippen molar-refractivity contribution in [1.29, 1.82) is 5.26 Å². The van der Waals surface area contributed by atoms with Gasteiger partial charge in [-0.3, -0.25) is 15.0 Å². The molecule has 112 valence electrons. The Labute approximate surface area is 122 Å². The first-order valence-electron chi connectivity index (χ1n) is 6.77. The second kappa shape index (κ2) is 6.97. The highest BCUT2D eigenvalue weighted by Gasteiger charge is 2.23. The van der Waals surface area contributed by atoms with E-state index in [2.05, 4.69) is 22.1 Å². The van der Waals surface area contributed by atoms with E-state index < -0.39 is 4.92 Å². The lowest BCUT2D eigenvalue weighted by Gasteiger charge is -2.32. The highest BCUT2D eigenvalue weighted by Crippen LogP contribution is 2.25. The minimum atomic E-state index is -0.589. The maximum absolute atomic E-state index is 11.1. The molecule has 1 N–H and O–H groups in total. The number of rotatable bonds is 5. The van der Waals surface area contributed by atoms with Crippen LogP contribution >= 0.6 is 0 Å². The van der Waals surface area contributed by atoms with Gasteiger partial charge in [0.15, 0.2) is 0 Å². The van der Waals surface area contributed by atoms with E-state index in [0.29, 0.717) is 13.2 Å². The molecule has 2 heterocycles. The smallest absolute Gasteiger partial charge is 0.328 e. The Morgan fingerprint density at radius 2 is 2.52 bits per heavy atom. The van der Waals surface area contributed by atoms with Gasteiger partial charge in [-0.15, -0.1) is 0 Å². The van der Waals surface area contributed by atoms with E-state index in [9.17, 15) is 10.1 Å². The Kier molecular flexibility index (Phi) is 5.03. The second-order valence-electron chi connectivity index (χ2n) is 4.69. The Balaban J connectivity index is 2.06. The molecule has 0 bridgehead atoms. The molecule has 0 amide bonds. The van der Waals surface area contributed by atoms with Gasteiger partial charge in [0.25, 0.3) is 0 Å². The van der Waals surface area contributed by atoms with Gasteiger partial charge < -0.3 is 10.1 Å². The van der Waals surface area contributed by atoms with E-state index in [1.807, 2.05) is 6.07 Å². The van der Waals surface area contributed by atoms with Crippen LogP contribution in [-0.4, -0.2) is 53.7 Å². The third kappa shape index (κ3) is 3.65. The lowest BCUT2D eigenvalue weighted by atomic mass is 10.2. The molecule has 2 rings (SSSR count). The predicted octanol–water partition coefficient (Wildman–Crippen LogP) is 0.994. The average Bonchev–Trinajstić information content (AvgIpc) is 2.52. The fraction of sp³-hybridized carbons (Fsp3) is 0.538. The first-order valence-corrected chi connectivity index (χ1v) is 6.77. The fourth-order valence-electron chi connectivity index (χ4n) is 2.26. The molecule has 1 unspecified atom stereocenters. The molecular formula is C13H17N5O3. The molecule has 0 aliphatic carbocycles. The first kappa shape index (κ1) is 15.2. The van der Waals surface area contributed by atoms with Crippen LogP contribution in [0, 0.1) is 21.4 Å². The van der Waals surface area contributed by atoms with E-state index in [4.69, 9.17) is 10.00 Å². The summed E-state index contributed by atoms with van der Waals surface area (Å²) in [5, 5.41) is 22.9. The molecule has 1 aliphatic rings. The number of ether oxygens (including phenoxy) is 1. The van der Waals surface area contributed by atoms with Crippen LogP contribution in [0.1, 0.15) is 12.5 Å². The lowest BCUT2D eigenvalue weighted by Crippen LogP contribution is -2.45. The van der Waals surface area contributed by atoms with E-state index in [0.717, 1.165) is 19.6 Å². The topological polar surface area (TPSA) is 104 Å². The second-order valence-corrected chi connectivity index (χ2v) is 4.69. The normalized spacial score (nSPS) is 19.0. The summed E-state index contributed by atoms with van der Waals surface area (Å²) in [6.45, 7) is 5.76. The summed E-state index contributed by atoms with van der Waals surface area (Å²) in [6, 6.07) is 3.14. The van der Waals surface area contributed by atoms with Gasteiger partial charge in [0.1, 0.15) is 11.6 Å². The summed E-state index contributed by atoms with van der Waals surface area (Å²) < 4.78 is 5.62. The molecule has 0 saturated carbocycles. The quantitative estimate of drug-likeness (QED) is 0.637. The molecule has 0 spiro atoms. The van der Waals surface area contributed by atoms with Crippen LogP contribution in [-0.2, 0) is 4.74 Å². The van der Waals surface area contributed by atoms with Crippen LogP contribution < -0.4 is 5.32 Å². The number of likely N-dealkylation sites (N-methyl/N-ethyl adjacent to an activating group) is 1. The van der Waals surface area contributed by atoms with Crippen LogP contribution in [0.4, 0.5) is 11.5 Å². The Morgan fingerprint density at radius 3 is 3.19 bits per heavy atom. The number of nitro groups is 1. The third-order valence-electron chi connectivity index (χ3n) is 3.39. The number of hydrogen-bond acceptors (Lipinski definition) is 7. The standard InChI is InChI=1S/C13H17N5O3/c1-2-17-5-6-21-11(9-17)8-16-13-12(18(19)20)10(7-14)3-4-15-13/h3-4,11H,2,5-6,8-9H2,1H3,(H,15,16). The molecule has 8 nitrogen and oxygen atoms in total. The van der Waals surface area contributed by atoms with Gasteiger partial charge in [-0.2, -0.15) is 5.26 Å². The summed E-state index contributed by atoms with van der Waals surface area (Å²) >= 11 is 0. The summed E-state index contributed by atoms with van der Waals surface area (Å²) in [5.74, 6) is 0.108. The maximum atomic E-state index is 11.1. The SMILES string of the molecule is CCN1CCOC(CNc2nccc(C#N)c2[N+](=O)[O-])C1. The monoisotopic (exact) mass is 291 g/mol. The number of nitrogens with one attached hydrogen (secondary N) is 1. The lowest BCUT2D eigenvalue weighted by molar-refractivity contribution is -0.384. The van der Waals surface area contributed by atoms with Crippen LogP contribution in [0.5, 0.6) is 0 Å². The zero-order valence-electron chi connectivity index (χ0n) is 11.8. The van der Waals surface area contributed by atoms with Crippen molar-refractivity contribution in [1.82, 2.24) is 9.88 Å². The molecule has 1 saturated heterocycles. The Bertz CT molecular complexity index is 557. The average molecular weight is 291 g/mol. The largest absolute Gasteiger partial charge is 0.374 e. The van der Waals surface area contributed by atoms with Crippen LogP contribution in [0.2, 0.25) is 0 Å². The van der Waals surface area contributed by atoms with Gasteiger partial charge in [-0.1, -0.05) is 6.92 Å². The summed E-state index contributed by atoms with van der Waals surface area (Å²) in [6.07, 6.45) is 1.33. The van der Waals surface area contributed by atoms with Crippen LogP contribution in [0.25, 0.3) is 0 Å². The number of pyridine rings is 1. The Morgan fingerprint density at radius 1 is 1.71 bits per heavy atom. The van der Waals surface area contributed by atoms with Crippen molar-refractivity contribution in [3.8, 4) is 6.07 Å². The molecule has 1 aromatic rings. The van der Waals surface area contributed by atoms with Gasteiger partial charge in [0.05, 0.1) is 17.6 Å². The Hall–Kier alpha value is -2.24. The number of nitriles is 1. The van der Waals surface area contributed by atoms with Crippen molar-refractivity contribution in [3.63, 3.8) is 0 Å². The third-order valence-corrected chi connectivity index (χ3v) is 3.39. The summed E-state index contributed by atoms with van der Waals surface area (Å²) in [7, 11) is 0. The minimum Gasteiger partial charge on any atom is -0.374 e. The van der Waals surface area contributed by atoms with Gasteiger partial charge in [0, 0.05) is 25.8 Å². The van der Waals surface area contributed by atoms with Crippen molar-refractivity contribution < 1.29 is 9.66 Å². The van der Waals surface area contributed by atoms with Crippen molar-refractivity contribution >= 4 is 11.5 Å². The molecule has 0 aromatic carbocycles. The number of nitrogens with zero attached hydrogens (tertiary/aromatic N) is 4. The van der Waals surface area contributed by atoms with Gasteiger partial charge in [-0.05, 0) is 12.6 Å². The molecule has 8 heteroatoms. The van der Waals surface area contributed by atoms with E-state index in [-0.39, 0.29) is 23.2 Å². The van der Waals surface area contributed by atoms with E-state index >= 15 is 0 Å². The van der Waals surface area contributed by atoms with Gasteiger partial charge in [0.2, 0.25) is 5.82 Å². The first-order chi connectivity index (χ1) is 10.2. The van der Waals surface area contributed by atoms with Gasteiger partial charge >= 0.3 is 5.69 Å². The van der Waals surface area contributed by atoms with Crippen molar-refractivity contribution in [2.24, 2.45) is 0 Å². The minimum absolute atomic E-state index is 0.00255. The molecule has 1 fully saturated rings. The van der Waals surface area contributed by atoms with Crippen molar-refractivity contribution in [2.45, 2.75) is 13.0 Å². The highest BCUT2D eigenvalue weighted by molar-refractivity contribution is 5.64. The molecule has 0 radical (unpaired) electrons. The van der Waals surface area contributed by atoms with Crippen molar-refractivity contribution in [3.05, 3.63) is 27.9 Å². The highest BCUT2D eigenvalue weighted by atomic mass is 16.6. The number of anilines is 1. The summed E-state index contributed by atoms with van der Waals surface area (Å²) in [5.41, 5.74) is -0.291. The van der Waals surface area contributed by atoms with E-state index in [1.54, 1.807) is 0 Å². The summed E-state index contributed by atoms with van der Waals surface area (Å²) in [4.78, 5) is 16.7. The zero-order valence-corrected chi connectivity index (χ0v) is 11.8. The number of hydrogen-bond donors (Lipinski definition) is 1. The molecular weight excluding hydrogens is 274 g/mol. The zero-order chi connectivity index (χ0) is 15.2. The van der Waals surface area contributed by atoms with E-state index in [1.165, 1.54) is 12.3 Å². The predicted molar refractivity (Wildman–Crippen MR) is 76.0 cm³/mol. The number of morpholine rings is 1. The number of aromatic nitrogens is 1. The van der Waals surface area contributed by atoms with Crippen LogP contribution in [0.15, 0.2) is 12.3 Å². The van der Waals surface area contributed by atoms with Crippen LogP contribution in [0.3, 0.4) is 0 Å². The molecule has 1 aromatic heterocycles. The molecule has 1 atom stereocenters. The molecule has 1 aliphatic heterocycles. The maximum Gasteiger partial charge on any atom is 0.328 e. The fourth-order valence-corrected chi connectivity index (χ4v) is 2.26.